The van der Waals surface area contributed by atoms with Gasteiger partial charge in [-0.2, -0.15) is 0 Å². The van der Waals surface area contributed by atoms with Gasteiger partial charge < -0.3 is 0 Å². The van der Waals surface area contributed by atoms with Crippen molar-refractivity contribution in [3.8, 4) is 0 Å². The van der Waals surface area contributed by atoms with E-state index in [0.717, 1.165) is 17.5 Å². The van der Waals surface area contributed by atoms with E-state index in [-0.39, 0.29) is 0 Å². The first-order valence-electron chi connectivity index (χ1n) is 4.84. The number of rotatable bonds is 1. The zero-order valence-corrected chi connectivity index (χ0v) is 8.05. The molecule has 0 unspecified atom stereocenters. The van der Waals surface area contributed by atoms with Gasteiger partial charge in [-0.1, -0.05) is 30.3 Å². The molecule has 72 valence electrons. The highest BCUT2D eigenvalue weighted by atomic mass is 16.1. The lowest BCUT2D eigenvalue weighted by molar-refractivity contribution is -0.106. The van der Waals surface area contributed by atoms with E-state index in [4.69, 9.17) is 0 Å². The third-order valence-corrected chi connectivity index (χ3v) is 2.72. The fourth-order valence-corrected chi connectivity index (χ4v) is 2.04. The van der Waals surface area contributed by atoms with Crippen LogP contribution in [-0.4, -0.2) is 6.41 Å². The molecule has 3 rings (SSSR count). The maximum atomic E-state index is 10.9. The van der Waals surface area contributed by atoms with Crippen molar-refractivity contribution in [3.05, 3.63) is 48.2 Å². The summed E-state index contributed by atoms with van der Waals surface area (Å²) in [6, 6.07) is 12.1. The summed E-state index contributed by atoms with van der Waals surface area (Å²) in [6.07, 6.45) is 4.59. The molecule has 0 N–H and O–H groups in total. The van der Waals surface area contributed by atoms with Crippen LogP contribution in [0.1, 0.15) is 5.56 Å². The van der Waals surface area contributed by atoms with Crippen LogP contribution in [0.4, 0.5) is 5.69 Å². The van der Waals surface area contributed by atoms with Gasteiger partial charge in [0.15, 0.2) is 0 Å². The van der Waals surface area contributed by atoms with Gasteiger partial charge in [-0.15, -0.1) is 0 Å². The molecule has 0 saturated carbocycles. The molecular formula is C13H9NO. The highest BCUT2D eigenvalue weighted by molar-refractivity contribution is 6.06. The highest BCUT2D eigenvalue weighted by Gasteiger charge is 2.12. The largest absolute Gasteiger partial charge is 0.290 e. The minimum absolute atomic E-state index is 0.835. The van der Waals surface area contributed by atoms with Crippen molar-refractivity contribution in [2.45, 2.75) is 0 Å². The third kappa shape index (κ3) is 1.08. The van der Waals surface area contributed by atoms with Crippen molar-refractivity contribution in [1.29, 1.82) is 0 Å². The molecule has 0 fully saturated rings. The van der Waals surface area contributed by atoms with Gasteiger partial charge in [0.05, 0.1) is 5.69 Å². The third-order valence-electron chi connectivity index (χ3n) is 2.72. The summed E-state index contributed by atoms with van der Waals surface area (Å²) in [5.74, 6) is 0. The van der Waals surface area contributed by atoms with Crippen molar-refractivity contribution >= 4 is 28.9 Å². The van der Waals surface area contributed by atoms with E-state index in [0.29, 0.717) is 0 Å². The van der Waals surface area contributed by atoms with Crippen LogP contribution in [0.15, 0.2) is 42.6 Å². The number of hydrogen-bond donors (Lipinski definition) is 0. The minimum atomic E-state index is 0.835. The lowest BCUT2D eigenvalue weighted by Gasteiger charge is -2.20. The number of carbonyl (C=O) groups excluding carboxylic acids is 1. The van der Waals surface area contributed by atoms with E-state index in [1.807, 2.05) is 24.3 Å². The smallest absolute Gasteiger partial charge is 0.218 e. The average molecular weight is 195 g/mol. The zero-order valence-electron chi connectivity index (χ0n) is 8.05. The lowest BCUT2D eigenvalue weighted by atomic mass is 10.00. The molecule has 0 radical (unpaired) electrons. The summed E-state index contributed by atoms with van der Waals surface area (Å²) < 4.78 is 0. The Morgan fingerprint density at radius 1 is 1.07 bits per heavy atom. The van der Waals surface area contributed by atoms with E-state index < -0.39 is 0 Å². The topological polar surface area (TPSA) is 20.3 Å². The van der Waals surface area contributed by atoms with Crippen molar-refractivity contribution in [1.82, 2.24) is 0 Å². The van der Waals surface area contributed by atoms with Crippen molar-refractivity contribution in [2.24, 2.45) is 0 Å². The summed E-state index contributed by atoms with van der Waals surface area (Å²) in [7, 11) is 0. The monoisotopic (exact) mass is 195 g/mol. The van der Waals surface area contributed by atoms with Crippen LogP contribution in [0.2, 0.25) is 0 Å². The van der Waals surface area contributed by atoms with E-state index in [2.05, 4.69) is 18.2 Å². The molecule has 2 aromatic rings. The van der Waals surface area contributed by atoms with Gasteiger partial charge in [0.1, 0.15) is 0 Å². The van der Waals surface area contributed by atoms with Crippen LogP contribution in [0.25, 0.3) is 16.8 Å². The Balaban J connectivity index is 2.46. The molecule has 2 nitrogen and oxygen atoms in total. The van der Waals surface area contributed by atoms with Gasteiger partial charge >= 0.3 is 0 Å². The number of hydrogen-bond acceptors (Lipinski definition) is 1. The van der Waals surface area contributed by atoms with Gasteiger partial charge in [-0.3, -0.25) is 9.69 Å². The van der Waals surface area contributed by atoms with Crippen molar-refractivity contribution < 1.29 is 4.79 Å². The molecule has 0 aromatic heterocycles. The zero-order chi connectivity index (χ0) is 10.3. The second kappa shape index (κ2) is 2.95. The van der Waals surface area contributed by atoms with Crippen LogP contribution in [0.5, 0.6) is 0 Å². The Labute approximate surface area is 87.4 Å². The quantitative estimate of drug-likeness (QED) is 0.641. The Bertz CT molecular complexity index is 567. The van der Waals surface area contributed by atoms with E-state index in [9.17, 15) is 4.79 Å². The molecule has 1 aliphatic rings. The Kier molecular flexibility index (Phi) is 1.62. The molecule has 0 saturated heterocycles. The van der Waals surface area contributed by atoms with Crippen LogP contribution < -0.4 is 4.90 Å². The first-order valence-corrected chi connectivity index (χ1v) is 4.84. The molecule has 1 amide bonds. The number of amides is 1. The van der Waals surface area contributed by atoms with Gasteiger partial charge in [0.2, 0.25) is 6.41 Å². The van der Waals surface area contributed by atoms with Crippen LogP contribution in [0.3, 0.4) is 0 Å². The summed E-state index contributed by atoms with van der Waals surface area (Å²) in [4.78, 5) is 12.5. The Morgan fingerprint density at radius 2 is 1.87 bits per heavy atom. The van der Waals surface area contributed by atoms with Crippen LogP contribution in [0, 0.1) is 0 Å². The predicted molar refractivity (Wildman–Crippen MR) is 61.5 cm³/mol. The van der Waals surface area contributed by atoms with Crippen molar-refractivity contribution in [3.63, 3.8) is 0 Å². The summed E-state index contributed by atoms with van der Waals surface area (Å²) >= 11 is 0. The van der Waals surface area contributed by atoms with E-state index in [1.165, 1.54) is 10.9 Å². The number of anilines is 1. The van der Waals surface area contributed by atoms with Crippen LogP contribution >= 0.6 is 0 Å². The SMILES string of the molecule is O=CN1C=Cc2cccc3cccc1c23. The fraction of sp³-hybridized carbons (Fsp3) is 0. The van der Waals surface area contributed by atoms with Crippen LogP contribution in [-0.2, 0) is 4.79 Å². The second-order valence-electron chi connectivity index (χ2n) is 3.55. The normalized spacial score (nSPS) is 13.2. The molecular weight excluding hydrogens is 186 g/mol. The lowest BCUT2D eigenvalue weighted by Crippen LogP contribution is -2.15. The summed E-state index contributed by atoms with van der Waals surface area (Å²) in [5, 5.41) is 2.32. The molecule has 0 atom stereocenters. The average Bonchev–Trinajstić information content (AvgIpc) is 2.30. The highest BCUT2D eigenvalue weighted by Crippen LogP contribution is 2.33. The molecule has 0 aliphatic carbocycles. The number of nitrogens with zero attached hydrogens (tertiary/aromatic N) is 1. The standard InChI is InChI=1S/C13H9NO/c15-9-14-8-7-11-4-1-3-10-5-2-6-12(14)13(10)11/h1-9H. The molecule has 2 heteroatoms. The molecule has 1 aliphatic heterocycles. The van der Waals surface area contributed by atoms with E-state index >= 15 is 0 Å². The first kappa shape index (κ1) is 8.24. The number of carbonyl (C=O) groups is 1. The molecule has 1 heterocycles. The maximum Gasteiger partial charge on any atom is 0.218 e. The Morgan fingerprint density at radius 3 is 2.67 bits per heavy atom. The molecule has 15 heavy (non-hydrogen) atoms. The van der Waals surface area contributed by atoms with Gasteiger partial charge in [-0.05, 0) is 23.1 Å². The first-order chi connectivity index (χ1) is 7.40. The van der Waals surface area contributed by atoms with Gasteiger partial charge in [0, 0.05) is 11.6 Å². The minimum Gasteiger partial charge on any atom is -0.290 e. The summed E-state index contributed by atoms with van der Waals surface area (Å²) in [6.45, 7) is 0. The van der Waals surface area contributed by atoms with E-state index in [1.54, 1.807) is 11.1 Å². The summed E-state index contributed by atoms with van der Waals surface area (Å²) in [5.41, 5.74) is 2.13. The Hall–Kier alpha value is -2.09. The molecule has 0 bridgehead atoms. The van der Waals surface area contributed by atoms with Gasteiger partial charge in [-0.25, -0.2) is 0 Å². The molecule has 2 aromatic carbocycles. The number of benzene rings is 2. The predicted octanol–water partition coefficient (Wildman–Crippen LogP) is 2.79. The van der Waals surface area contributed by atoms with Crippen molar-refractivity contribution in [2.75, 3.05) is 4.90 Å². The maximum absolute atomic E-state index is 10.9. The second-order valence-corrected chi connectivity index (χ2v) is 3.55. The van der Waals surface area contributed by atoms with Gasteiger partial charge in [0.25, 0.3) is 0 Å². The fourth-order valence-electron chi connectivity index (χ4n) is 2.04. The molecule has 0 spiro atoms.